The molecule has 0 aliphatic carbocycles. The van der Waals surface area contributed by atoms with Crippen molar-refractivity contribution in [2.75, 3.05) is 26.2 Å². The molecule has 2 amide bonds. The molecule has 0 saturated heterocycles. The van der Waals surface area contributed by atoms with E-state index in [9.17, 15) is 9.59 Å². The van der Waals surface area contributed by atoms with Crippen molar-refractivity contribution in [3.05, 3.63) is 78.3 Å². The molecule has 1 aromatic carbocycles. The predicted octanol–water partition coefficient (Wildman–Crippen LogP) is 3.31. The molecular weight excluding hydrogens is 378 g/mol. The molecule has 1 aromatic heterocycles. The molecule has 30 heavy (non-hydrogen) atoms. The van der Waals surface area contributed by atoms with Gasteiger partial charge in [-0.25, -0.2) is 0 Å². The largest absolute Gasteiger partial charge is 0.494 e. The fourth-order valence-corrected chi connectivity index (χ4v) is 3.54. The summed E-state index contributed by atoms with van der Waals surface area (Å²) < 4.78 is 5.51. The van der Waals surface area contributed by atoms with Gasteiger partial charge in [-0.05, 0) is 55.7 Å². The SMILES string of the molecule is C=CCN1C(=O)C(c2ccc(OCC)cc2)=C(N(CC)CCc2ccncc2)C1=O. The summed E-state index contributed by atoms with van der Waals surface area (Å²) in [6, 6.07) is 11.2. The zero-order valence-electron chi connectivity index (χ0n) is 17.5. The lowest BCUT2D eigenvalue weighted by Crippen LogP contribution is -2.36. The number of hydrogen-bond acceptors (Lipinski definition) is 5. The van der Waals surface area contributed by atoms with Crippen LogP contribution >= 0.6 is 0 Å². The van der Waals surface area contributed by atoms with E-state index in [2.05, 4.69) is 11.6 Å². The molecule has 1 aliphatic heterocycles. The molecule has 0 saturated carbocycles. The highest BCUT2D eigenvalue weighted by Gasteiger charge is 2.40. The van der Waals surface area contributed by atoms with Crippen molar-refractivity contribution in [2.45, 2.75) is 20.3 Å². The molecular formula is C24H27N3O3. The van der Waals surface area contributed by atoms with E-state index in [4.69, 9.17) is 4.74 Å². The van der Waals surface area contributed by atoms with Crippen molar-refractivity contribution in [1.29, 1.82) is 0 Å². The molecule has 0 radical (unpaired) electrons. The van der Waals surface area contributed by atoms with Crippen molar-refractivity contribution in [1.82, 2.24) is 14.8 Å². The minimum absolute atomic E-state index is 0.184. The molecule has 6 heteroatoms. The molecule has 1 aliphatic rings. The van der Waals surface area contributed by atoms with Gasteiger partial charge >= 0.3 is 0 Å². The maximum absolute atomic E-state index is 13.2. The van der Waals surface area contributed by atoms with Crippen LogP contribution in [0.25, 0.3) is 5.57 Å². The number of hydrogen-bond donors (Lipinski definition) is 0. The van der Waals surface area contributed by atoms with E-state index in [0.717, 1.165) is 17.7 Å². The van der Waals surface area contributed by atoms with Crippen molar-refractivity contribution >= 4 is 17.4 Å². The van der Waals surface area contributed by atoms with Gasteiger partial charge in [0.1, 0.15) is 11.4 Å². The summed E-state index contributed by atoms with van der Waals surface area (Å²) in [6.45, 7) is 9.58. The molecule has 0 N–H and O–H groups in total. The van der Waals surface area contributed by atoms with Crippen molar-refractivity contribution in [2.24, 2.45) is 0 Å². The number of benzene rings is 1. The second kappa shape index (κ2) is 9.87. The zero-order valence-corrected chi connectivity index (χ0v) is 17.5. The van der Waals surface area contributed by atoms with Gasteiger partial charge in [-0.2, -0.15) is 0 Å². The van der Waals surface area contributed by atoms with Crippen molar-refractivity contribution in [3.63, 3.8) is 0 Å². The third-order valence-electron chi connectivity index (χ3n) is 5.03. The smallest absolute Gasteiger partial charge is 0.278 e. The second-order valence-electron chi connectivity index (χ2n) is 6.88. The molecule has 156 valence electrons. The highest BCUT2D eigenvalue weighted by molar-refractivity contribution is 6.35. The summed E-state index contributed by atoms with van der Waals surface area (Å²) in [5.74, 6) is 0.162. The summed E-state index contributed by atoms with van der Waals surface area (Å²) in [5, 5.41) is 0. The number of pyridine rings is 1. The number of aromatic nitrogens is 1. The number of nitrogens with zero attached hydrogens (tertiary/aromatic N) is 3. The zero-order chi connectivity index (χ0) is 21.5. The van der Waals surface area contributed by atoms with Crippen LogP contribution in [0, 0.1) is 0 Å². The van der Waals surface area contributed by atoms with E-state index in [1.807, 2.05) is 55.1 Å². The van der Waals surface area contributed by atoms with Gasteiger partial charge in [0.25, 0.3) is 11.8 Å². The molecule has 0 bridgehead atoms. The lowest BCUT2D eigenvalue weighted by Gasteiger charge is -2.24. The molecule has 6 nitrogen and oxygen atoms in total. The maximum atomic E-state index is 13.2. The summed E-state index contributed by atoms with van der Waals surface area (Å²) in [4.78, 5) is 33.6. The molecule has 3 rings (SSSR count). The molecule has 2 aromatic rings. The Bertz CT molecular complexity index is 936. The van der Waals surface area contributed by atoms with Crippen LogP contribution in [0.2, 0.25) is 0 Å². The van der Waals surface area contributed by atoms with Crippen molar-refractivity contribution < 1.29 is 14.3 Å². The van der Waals surface area contributed by atoms with Crippen LogP contribution in [0.5, 0.6) is 5.75 Å². The van der Waals surface area contributed by atoms with Crippen LogP contribution in [-0.2, 0) is 16.0 Å². The van der Waals surface area contributed by atoms with Crippen LogP contribution in [0.15, 0.2) is 67.1 Å². The summed E-state index contributed by atoms with van der Waals surface area (Å²) in [6.07, 6.45) is 5.83. The predicted molar refractivity (Wildman–Crippen MR) is 117 cm³/mol. The lowest BCUT2D eigenvalue weighted by molar-refractivity contribution is -0.136. The number of amides is 2. The van der Waals surface area contributed by atoms with E-state index in [0.29, 0.717) is 36.5 Å². The average molecular weight is 405 g/mol. The van der Waals surface area contributed by atoms with Crippen molar-refractivity contribution in [3.8, 4) is 5.75 Å². The van der Waals surface area contributed by atoms with Crippen LogP contribution in [0.4, 0.5) is 0 Å². The van der Waals surface area contributed by atoms with Gasteiger partial charge in [-0.3, -0.25) is 19.5 Å². The quantitative estimate of drug-likeness (QED) is 0.448. The average Bonchev–Trinajstić information content (AvgIpc) is 3.01. The highest BCUT2D eigenvalue weighted by atomic mass is 16.5. The van der Waals surface area contributed by atoms with Crippen LogP contribution < -0.4 is 4.74 Å². The lowest BCUT2D eigenvalue weighted by atomic mass is 10.0. The monoisotopic (exact) mass is 405 g/mol. The highest BCUT2D eigenvalue weighted by Crippen LogP contribution is 2.32. The first-order valence-corrected chi connectivity index (χ1v) is 10.2. The second-order valence-corrected chi connectivity index (χ2v) is 6.88. The first-order chi connectivity index (χ1) is 14.6. The minimum atomic E-state index is -0.290. The summed E-state index contributed by atoms with van der Waals surface area (Å²) >= 11 is 0. The van der Waals surface area contributed by atoms with E-state index in [1.54, 1.807) is 18.5 Å². The molecule has 0 fully saturated rings. The van der Waals surface area contributed by atoms with Gasteiger partial charge < -0.3 is 9.64 Å². The van der Waals surface area contributed by atoms with Gasteiger partial charge in [0.2, 0.25) is 0 Å². The Morgan fingerprint density at radius 3 is 2.37 bits per heavy atom. The first-order valence-electron chi connectivity index (χ1n) is 10.2. The first kappa shape index (κ1) is 21.3. The van der Waals surface area contributed by atoms with Gasteiger partial charge in [0.05, 0.1) is 12.2 Å². The van der Waals surface area contributed by atoms with Gasteiger partial charge in [-0.15, -0.1) is 6.58 Å². The topological polar surface area (TPSA) is 62.7 Å². The number of likely N-dealkylation sites (N-methyl/N-ethyl adjacent to an activating group) is 1. The summed E-state index contributed by atoms with van der Waals surface area (Å²) in [5.41, 5.74) is 2.72. The van der Waals surface area contributed by atoms with E-state index >= 15 is 0 Å². The van der Waals surface area contributed by atoms with E-state index < -0.39 is 0 Å². The number of ether oxygens (including phenoxy) is 1. The fourth-order valence-electron chi connectivity index (χ4n) is 3.54. The van der Waals surface area contributed by atoms with Gasteiger partial charge in [0, 0.05) is 32.0 Å². The standard InChI is InChI=1S/C24H27N3O3/c1-4-16-27-23(28)21(19-7-9-20(10-8-19)30-6-3)22(24(27)29)26(5-2)17-13-18-11-14-25-15-12-18/h4,7-12,14-15H,1,5-6,13,16-17H2,2-3H3. The van der Waals surface area contributed by atoms with Crippen LogP contribution in [-0.4, -0.2) is 52.8 Å². The van der Waals surface area contributed by atoms with Gasteiger partial charge in [0.15, 0.2) is 0 Å². The third kappa shape index (κ3) is 4.43. The Hall–Kier alpha value is -3.41. The van der Waals surface area contributed by atoms with E-state index in [1.165, 1.54) is 4.90 Å². The Labute approximate surface area is 177 Å². The maximum Gasteiger partial charge on any atom is 0.278 e. The number of imide groups is 1. The molecule has 0 unspecified atom stereocenters. The van der Waals surface area contributed by atoms with E-state index in [-0.39, 0.29) is 18.4 Å². The Balaban J connectivity index is 1.97. The molecule has 0 spiro atoms. The Morgan fingerprint density at radius 1 is 1.07 bits per heavy atom. The molecule has 0 atom stereocenters. The van der Waals surface area contributed by atoms with Crippen LogP contribution in [0.1, 0.15) is 25.0 Å². The number of rotatable bonds is 10. The van der Waals surface area contributed by atoms with Crippen LogP contribution in [0.3, 0.4) is 0 Å². The molecule has 2 heterocycles. The minimum Gasteiger partial charge on any atom is -0.494 e. The summed E-state index contributed by atoms with van der Waals surface area (Å²) in [7, 11) is 0. The van der Waals surface area contributed by atoms with Gasteiger partial charge in [-0.1, -0.05) is 18.2 Å². The Kier molecular flexibility index (Phi) is 7.01. The number of carbonyl (C=O) groups excluding carboxylic acids is 2. The fraction of sp³-hybridized carbons (Fsp3) is 0.292. The Morgan fingerprint density at radius 2 is 1.77 bits per heavy atom. The number of carbonyl (C=O) groups is 2. The third-order valence-corrected chi connectivity index (χ3v) is 5.03. The normalized spacial score (nSPS) is 13.7.